The van der Waals surface area contributed by atoms with Gasteiger partial charge in [0.05, 0.1) is 0 Å². The van der Waals surface area contributed by atoms with Crippen LogP contribution in [0.1, 0.15) is 72.1 Å². The summed E-state index contributed by atoms with van der Waals surface area (Å²) in [7, 11) is 0. The van der Waals surface area contributed by atoms with Crippen LogP contribution in [-0.4, -0.2) is 11.9 Å². The number of fused-ring (bicyclic) bond motifs is 3. The molecule has 4 aromatic rings. The minimum Gasteiger partial charge on any atom is -1.00 e. The van der Waals surface area contributed by atoms with Gasteiger partial charge in [0, 0.05) is 0 Å². The van der Waals surface area contributed by atoms with E-state index in [4.69, 9.17) is 6.64 Å². The van der Waals surface area contributed by atoms with E-state index in [0.717, 1.165) is 60.1 Å². The third-order valence-electron chi connectivity index (χ3n) is 8.72. The first kappa shape index (κ1) is 28.0. The van der Waals surface area contributed by atoms with Crippen LogP contribution in [0, 0.1) is 0 Å². The topological polar surface area (TPSA) is 52.6 Å². The second-order valence-electron chi connectivity index (χ2n) is 11.0. The van der Waals surface area contributed by atoms with Gasteiger partial charge < -0.3 is 12.4 Å². The van der Waals surface area contributed by atoms with Crippen LogP contribution >= 0.6 is 0 Å². The molecule has 0 saturated carbocycles. The molecule has 0 radical (unpaired) electrons. The molecule has 0 atom stereocenters. The van der Waals surface area contributed by atoms with Gasteiger partial charge in [0.15, 0.2) is 0 Å². The van der Waals surface area contributed by atoms with E-state index < -0.39 is 18.6 Å². The minimum atomic E-state index is -3.28. The summed E-state index contributed by atoms with van der Waals surface area (Å²) in [4.78, 5) is 27.7. The molecule has 4 nitrogen and oxygen atoms in total. The Morgan fingerprint density at radius 3 is 1.46 bits per heavy atom. The second-order valence-corrected chi connectivity index (χ2v) is 13.5. The first-order valence-electron chi connectivity index (χ1n) is 14.4. The van der Waals surface area contributed by atoms with Crippen LogP contribution in [0.25, 0.3) is 21.5 Å². The molecular weight excluding hydrogens is 568 g/mol. The molecule has 0 N–H and O–H groups in total. The zero-order chi connectivity index (χ0) is 27.1. The van der Waals surface area contributed by atoms with Crippen molar-refractivity contribution in [3.63, 3.8) is 0 Å². The predicted molar refractivity (Wildman–Crippen MR) is 153 cm³/mol. The fraction of sp³-hybridized carbons (Fsp3) is 0.257. The van der Waals surface area contributed by atoms with Gasteiger partial charge in [0.25, 0.3) is 0 Å². The number of allylic oxidation sites excluding steroid dienone is 4. The van der Waals surface area contributed by atoms with Crippen molar-refractivity contribution in [2.45, 2.75) is 55.6 Å². The molecule has 0 saturated heterocycles. The number of carbonyl (C=O) groups excluding carboxylic acids is 2. The van der Waals surface area contributed by atoms with Gasteiger partial charge in [-0.25, -0.2) is 0 Å². The molecule has 0 aromatic heterocycles. The Kier molecular flexibility index (Phi) is 8.17. The van der Waals surface area contributed by atoms with E-state index in [-0.39, 0.29) is 28.6 Å². The van der Waals surface area contributed by atoms with E-state index >= 15 is 0 Å². The predicted octanol–water partition coefficient (Wildman–Crippen LogP) is 6.00. The number of rotatable bonds is 5. The van der Waals surface area contributed by atoms with Gasteiger partial charge in [-0.2, -0.15) is 0 Å². The van der Waals surface area contributed by atoms with E-state index in [1.807, 2.05) is 84.9 Å². The molecule has 0 aliphatic heterocycles. The van der Waals surface area contributed by atoms with Crippen molar-refractivity contribution in [1.82, 2.24) is 0 Å². The largest absolute Gasteiger partial charge is 1.00 e. The molecule has 41 heavy (non-hydrogen) atoms. The summed E-state index contributed by atoms with van der Waals surface area (Å²) < 4.78 is 12.9. The summed E-state index contributed by atoms with van der Waals surface area (Å²) in [6, 6.07) is 27.1. The second kappa shape index (κ2) is 12.0. The average molecular weight is 599 g/mol. The molecule has 206 valence electrons. The Bertz CT molecular complexity index is 1590. The Balaban J connectivity index is 0.00000302. The third-order valence-corrected chi connectivity index (χ3v) is 11.8. The van der Waals surface area contributed by atoms with Gasteiger partial charge in [-0.05, 0) is 0 Å². The minimum absolute atomic E-state index is 0. The molecular formula is C35H31ClO4Ti. The van der Waals surface area contributed by atoms with E-state index in [2.05, 4.69) is 0 Å². The molecule has 0 heterocycles. The van der Waals surface area contributed by atoms with Crippen LogP contribution in [0.4, 0.5) is 0 Å². The molecule has 7 rings (SSSR count). The van der Waals surface area contributed by atoms with Gasteiger partial charge in [-0.15, -0.1) is 0 Å². The molecule has 0 fully saturated rings. The number of hydrogen-bond donors (Lipinski definition) is 0. The maximum Gasteiger partial charge on any atom is -1.00 e. The quantitative estimate of drug-likeness (QED) is 0.265. The molecule has 0 spiro atoms. The summed E-state index contributed by atoms with van der Waals surface area (Å²) >= 11 is -3.28. The van der Waals surface area contributed by atoms with Crippen molar-refractivity contribution in [2.24, 2.45) is 0 Å². The van der Waals surface area contributed by atoms with Crippen molar-refractivity contribution in [3.8, 4) is 0 Å². The smallest absolute Gasteiger partial charge is 1.00 e. The van der Waals surface area contributed by atoms with Crippen LogP contribution in [0.2, 0.25) is 4.22 Å². The molecule has 4 aromatic carbocycles. The Hall–Kier alpha value is -3.18. The van der Waals surface area contributed by atoms with Crippen molar-refractivity contribution in [1.29, 1.82) is 0 Å². The van der Waals surface area contributed by atoms with Gasteiger partial charge in [-0.1, -0.05) is 0 Å². The maximum absolute atomic E-state index is 13.9. The van der Waals surface area contributed by atoms with Crippen molar-refractivity contribution in [2.75, 3.05) is 0 Å². The zero-order valence-corrected chi connectivity index (χ0v) is 25.1. The molecule has 0 amide bonds. The normalized spacial score (nSPS) is 16.7. The molecule has 3 aliphatic rings. The Labute approximate surface area is 253 Å². The number of halogens is 1. The van der Waals surface area contributed by atoms with E-state index in [1.54, 1.807) is 0 Å². The van der Waals surface area contributed by atoms with Crippen LogP contribution < -0.4 is 12.4 Å². The zero-order valence-electron chi connectivity index (χ0n) is 22.8. The van der Waals surface area contributed by atoms with E-state index in [1.165, 1.54) is 35.1 Å². The summed E-state index contributed by atoms with van der Waals surface area (Å²) in [6.45, 7) is 0. The summed E-state index contributed by atoms with van der Waals surface area (Å²) in [5, 5.41) is 3.69. The summed E-state index contributed by atoms with van der Waals surface area (Å²) in [5.74, 6) is -0.777. The SMILES string of the molecule is O=C([O][Ti+]([O]C(=O)c1cccc2ccccc12)[CH]1C2=C(CCCC2)C2=C1CCCC2)c1cccc2ccccc12.[Cl-]. The number of hydrogen-bond acceptors (Lipinski definition) is 4. The van der Waals surface area contributed by atoms with Gasteiger partial charge in [0.1, 0.15) is 0 Å². The van der Waals surface area contributed by atoms with Crippen LogP contribution in [0.15, 0.2) is 107 Å². The number of carbonyl (C=O) groups is 2. The first-order chi connectivity index (χ1) is 19.7. The number of benzene rings is 4. The van der Waals surface area contributed by atoms with Gasteiger partial charge >= 0.3 is 242 Å². The summed E-state index contributed by atoms with van der Waals surface area (Å²) in [6.07, 6.45) is 8.84. The van der Waals surface area contributed by atoms with Gasteiger partial charge in [0.2, 0.25) is 0 Å². The fourth-order valence-corrected chi connectivity index (χ4v) is 10.1. The van der Waals surface area contributed by atoms with Crippen LogP contribution in [0.5, 0.6) is 0 Å². The van der Waals surface area contributed by atoms with Crippen LogP contribution in [-0.2, 0) is 25.3 Å². The van der Waals surface area contributed by atoms with Crippen molar-refractivity contribution < 1.29 is 47.3 Å². The standard InChI is InChI=1S/C13H17.2C11H8O2.ClH.Ti/c1-3-7-12-10(5-1)9-11-6-2-4-8-13(11)12;2*12-11(13)10-7-3-5-8-4-1-2-6-9(8)10;;/h9H,1-8H2;2*1-7H,(H,12,13);1H;/q;;;;+3/p-3. The Morgan fingerprint density at radius 2 is 0.976 bits per heavy atom. The van der Waals surface area contributed by atoms with E-state index in [0.29, 0.717) is 11.1 Å². The van der Waals surface area contributed by atoms with Crippen LogP contribution in [0.3, 0.4) is 0 Å². The molecule has 0 bridgehead atoms. The molecule has 0 unspecified atom stereocenters. The Morgan fingerprint density at radius 1 is 0.561 bits per heavy atom. The monoisotopic (exact) mass is 598 g/mol. The fourth-order valence-electron chi connectivity index (χ4n) is 6.92. The first-order valence-corrected chi connectivity index (χ1v) is 16.6. The van der Waals surface area contributed by atoms with Gasteiger partial charge in [-0.3, -0.25) is 0 Å². The van der Waals surface area contributed by atoms with Crippen molar-refractivity contribution >= 4 is 33.5 Å². The van der Waals surface area contributed by atoms with E-state index in [9.17, 15) is 9.59 Å². The summed E-state index contributed by atoms with van der Waals surface area (Å²) in [5.41, 5.74) is 6.81. The molecule has 3 aliphatic carbocycles. The third kappa shape index (κ3) is 5.18. The molecule has 6 heteroatoms. The average Bonchev–Trinajstić information content (AvgIpc) is 3.34. The van der Waals surface area contributed by atoms with Crippen molar-refractivity contribution in [3.05, 3.63) is 118 Å². The maximum atomic E-state index is 13.9.